The maximum atomic E-state index is 12.3. The number of nitrogens with one attached hydrogen (secondary N) is 1. The molecular formula is C17H19N3O4. The monoisotopic (exact) mass is 329 g/mol. The van der Waals surface area contributed by atoms with Crippen LogP contribution in [0, 0.1) is 17.2 Å². The molecule has 0 aromatic heterocycles. The van der Waals surface area contributed by atoms with Crippen LogP contribution in [0.25, 0.3) is 0 Å². The molecule has 0 radical (unpaired) electrons. The van der Waals surface area contributed by atoms with E-state index >= 15 is 0 Å². The van der Waals surface area contributed by atoms with E-state index < -0.39 is 17.7 Å². The number of benzene rings is 1. The average Bonchev–Trinajstić information content (AvgIpc) is 2.61. The van der Waals surface area contributed by atoms with Crippen molar-refractivity contribution < 1.29 is 19.1 Å². The molecular weight excluding hydrogens is 310 g/mol. The van der Waals surface area contributed by atoms with Crippen LogP contribution in [0.15, 0.2) is 24.3 Å². The minimum absolute atomic E-state index is 0.172. The average molecular weight is 329 g/mol. The lowest BCUT2D eigenvalue weighted by molar-refractivity contribution is -0.153. The largest absolute Gasteiger partial charge is 0.466 e. The Morgan fingerprint density at radius 2 is 2.12 bits per heavy atom. The third-order valence-corrected chi connectivity index (χ3v) is 3.82. The van der Waals surface area contributed by atoms with Gasteiger partial charge in [-0.25, -0.2) is 0 Å². The zero-order valence-corrected chi connectivity index (χ0v) is 13.4. The molecule has 1 unspecified atom stereocenters. The number of hydrogen-bond acceptors (Lipinski definition) is 5. The molecule has 24 heavy (non-hydrogen) atoms. The summed E-state index contributed by atoms with van der Waals surface area (Å²) in [5, 5.41) is 11.5. The molecule has 1 saturated heterocycles. The smallest absolute Gasteiger partial charge is 0.313 e. The van der Waals surface area contributed by atoms with Gasteiger partial charge in [0, 0.05) is 13.1 Å². The Bertz CT molecular complexity index is 681. The molecule has 7 heteroatoms. The number of likely N-dealkylation sites (tertiary alicyclic amines) is 1. The molecule has 0 spiro atoms. The van der Waals surface area contributed by atoms with Gasteiger partial charge < -0.3 is 15.0 Å². The molecule has 0 saturated carbocycles. The molecule has 0 bridgehead atoms. The summed E-state index contributed by atoms with van der Waals surface area (Å²) >= 11 is 0. The van der Waals surface area contributed by atoms with Crippen molar-refractivity contribution in [3.05, 3.63) is 29.8 Å². The molecule has 1 aliphatic rings. The standard InChI is InChI=1S/C17H19N3O4/c1-2-24-17(23)13-7-5-9-20(11-13)16(22)15(21)19-14-8-4-3-6-12(14)10-18/h3-4,6,8,13H,2,5,7,9,11H2,1H3,(H,19,21). The maximum absolute atomic E-state index is 12.3. The first-order chi connectivity index (χ1) is 11.6. The Labute approximate surface area is 140 Å². The van der Waals surface area contributed by atoms with Gasteiger partial charge >= 0.3 is 17.8 Å². The Balaban J connectivity index is 2.01. The number of carbonyl (C=O) groups excluding carboxylic acids is 3. The van der Waals surface area contributed by atoms with Crippen molar-refractivity contribution in [3.8, 4) is 6.07 Å². The minimum atomic E-state index is -0.817. The van der Waals surface area contributed by atoms with Gasteiger partial charge in [0.15, 0.2) is 0 Å². The lowest BCUT2D eigenvalue weighted by Crippen LogP contribution is -2.47. The summed E-state index contributed by atoms with van der Waals surface area (Å²) in [6.07, 6.45) is 1.28. The first-order valence-corrected chi connectivity index (χ1v) is 7.82. The fourth-order valence-corrected chi connectivity index (χ4v) is 2.62. The van der Waals surface area contributed by atoms with Crippen molar-refractivity contribution >= 4 is 23.5 Å². The summed E-state index contributed by atoms with van der Waals surface area (Å²) in [6, 6.07) is 8.40. The fraction of sp³-hybridized carbons (Fsp3) is 0.412. The molecule has 1 aromatic rings. The molecule has 1 aliphatic heterocycles. The van der Waals surface area contributed by atoms with E-state index in [1.165, 1.54) is 4.90 Å². The number of nitrogens with zero attached hydrogens (tertiary/aromatic N) is 2. The van der Waals surface area contributed by atoms with Gasteiger partial charge in [-0.3, -0.25) is 14.4 Å². The van der Waals surface area contributed by atoms with Gasteiger partial charge in [0.25, 0.3) is 0 Å². The third kappa shape index (κ3) is 4.10. The number of esters is 1. The summed E-state index contributed by atoms with van der Waals surface area (Å²) < 4.78 is 4.98. The number of para-hydroxylation sites is 1. The van der Waals surface area contributed by atoms with Crippen molar-refractivity contribution in [2.24, 2.45) is 5.92 Å². The Morgan fingerprint density at radius 1 is 1.38 bits per heavy atom. The summed E-state index contributed by atoms with van der Waals surface area (Å²) in [6.45, 7) is 2.60. The first kappa shape index (κ1) is 17.5. The van der Waals surface area contributed by atoms with Crippen LogP contribution in [0.4, 0.5) is 5.69 Å². The van der Waals surface area contributed by atoms with E-state index in [0.717, 1.165) is 0 Å². The second-order valence-corrected chi connectivity index (χ2v) is 5.45. The molecule has 126 valence electrons. The zero-order chi connectivity index (χ0) is 17.5. The van der Waals surface area contributed by atoms with Crippen LogP contribution in [0.3, 0.4) is 0 Å². The van der Waals surface area contributed by atoms with Crippen LogP contribution in [-0.4, -0.2) is 42.4 Å². The summed E-state index contributed by atoms with van der Waals surface area (Å²) in [4.78, 5) is 37.6. The van der Waals surface area contributed by atoms with Crippen molar-refractivity contribution in [3.63, 3.8) is 0 Å². The summed E-state index contributed by atoms with van der Waals surface area (Å²) in [7, 11) is 0. The zero-order valence-electron chi connectivity index (χ0n) is 13.4. The van der Waals surface area contributed by atoms with Crippen LogP contribution >= 0.6 is 0 Å². The number of hydrogen-bond donors (Lipinski definition) is 1. The van der Waals surface area contributed by atoms with Gasteiger partial charge in [-0.2, -0.15) is 5.26 Å². The minimum Gasteiger partial charge on any atom is -0.466 e. The number of nitriles is 1. The van der Waals surface area contributed by atoms with E-state index in [9.17, 15) is 14.4 Å². The number of anilines is 1. The normalized spacial score (nSPS) is 16.8. The van der Waals surface area contributed by atoms with Gasteiger partial charge in [-0.15, -0.1) is 0 Å². The lowest BCUT2D eigenvalue weighted by atomic mass is 9.98. The molecule has 1 atom stereocenters. The Morgan fingerprint density at radius 3 is 2.83 bits per heavy atom. The number of carbonyl (C=O) groups is 3. The Hall–Kier alpha value is -2.88. The topological polar surface area (TPSA) is 99.5 Å². The highest BCUT2D eigenvalue weighted by Gasteiger charge is 2.32. The highest BCUT2D eigenvalue weighted by atomic mass is 16.5. The highest BCUT2D eigenvalue weighted by molar-refractivity contribution is 6.39. The van der Waals surface area contributed by atoms with Crippen molar-refractivity contribution in [1.82, 2.24) is 4.90 Å². The quantitative estimate of drug-likeness (QED) is 0.665. The van der Waals surface area contributed by atoms with Crippen molar-refractivity contribution in [2.75, 3.05) is 25.0 Å². The molecule has 0 aliphatic carbocycles. The van der Waals surface area contributed by atoms with Crippen molar-refractivity contribution in [1.29, 1.82) is 5.26 Å². The van der Waals surface area contributed by atoms with Crippen LogP contribution < -0.4 is 5.32 Å². The van der Waals surface area contributed by atoms with Crippen LogP contribution in [0.1, 0.15) is 25.3 Å². The van der Waals surface area contributed by atoms with Crippen LogP contribution in [-0.2, 0) is 19.1 Å². The second kappa shape index (κ2) is 8.11. The van der Waals surface area contributed by atoms with Gasteiger partial charge in [0.2, 0.25) is 0 Å². The van der Waals surface area contributed by atoms with E-state index in [-0.39, 0.29) is 30.4 Å². The maximum Gasteiger partial charge on any atom is 0.313 e. The van der Waals surface area contributed by atoms with E-state index in [1.54, 1.807) is 31.2 Å². The molecule has 1 N–H and O–H groups in total. The summed E-state index contributed by atoms with van der Waals surface area (Å²) in [5.41, 5.74) is 0.569. The van der Waals surface area contributed by atoms with E-state index in [0.29, 0.717) is 19.4 Å². The predicted molar refractivity (Wildman–Crippen MR) is 85.7 cm³/mol. The number of rotatable bonds is 3. The van der Waals surface area contributed by atoms with Crippen molar-refractivity contribution in [2.45, 2.75) is 19.8 Å². The number of ether oxygens (including phenoxy) is 1. The van der Waals surface area contributed by atoms with Crippen LogP contribution in [0.5, 0.6) is 0 Å². The van der Waals surface area contributed by atoms with Gasteiger partial charge in [0.1, 0.15) is 6.07 Å². The lowest BCUT2D eigenvalue weighted by Gasteiger charge is -2.31. The molecule has 7 nitrogen and oxygen atoms in total. The first-order valence-electron chi connectivity index (χ1n) is 7.82. The van der Waals surface area contributed by atoms with Crippen LogP contribution in [0.2, 0.25) is 0 Å². The summed E-state index contributed by atoms with van der Waals surface area (Å²) in [5.74, 6) is -2.27. The van der Waals surface area contributed by atoms with E-state index in [1.807, 2.05) is 6.07 Å². The Kier molecular flexibility index (Phi) is 5.90. The third-order valence-electron chi connectivity index (χ3n) is 3.82. The number of piperidine rings is 1. The molecule has 2 rings (SSSR count). The van der Waals surface area contributed by atoms with Gasteiger partial charge in [0.05, 0.1) is 23.8 Å². The molecule has 2 amide bonds. The number of amides is 2. The van der Waals surface area contributed by atoms with E-state index in [4.69, 9.17) is 10.00 Å². The van der Waals surface area contributed by atoms with E-state index in [2.05, 4.69) is 5.32 Å². The molecule has 1 heterocycles. The molecule has 1 aromatic carbocycles. The fourth-order valence-electron chi connectivity index (χ4n) is 2.62. The second-order valence-electron chi connectivity index (χ2n) is 5.45. The van der Waals surface area contributed by atoms with Gasteiger partial charge in [-0.1, -0.05) is 12.1 Å². The predicted octanol–water partition coefficient (Wildman–Crippen LogP) is 1.30. The molecule has 1 fully saturated rings. The SMILES string of the molecule is CCOC(=O)C1CCCN(C(=O)C(=O)Nc2ccccc2C#N)C1. The highest BCUT2D eigenvalue weighted by Crippen LogP contribution is 2.19. The van der Waals surface area contributed by atoms with Gasteiger partial charge in [-0.05, 0) is 31.9 Å².